The van der Waals surface area contributed by atoms with Crippen molar-refractivity contribution in [2.24, 2.45) is 0 Å². The van der Waals surface area contributed by atoms with Crippen molar-refractivity contribution >= 4 is 22.6 Å². The molecular formula is C8H12INO3. The third-order valence-electron chi connectivity index (χ3n) is 1.37. The highest BCUT2D eigenvalue weighted by Gasteiger charge is 1.97. The Morgan fingerprint density at radius 1 is 1.46 bits per heavy atom. The molecule has 1 N–H and O–H groups in total. The van der Waals surface area contributed by atoms with Crippen LogP contribution in [-0.2, 0) is 16.1 Å². The van der Waals surface area contributed by atoms with Gasteiger partial charge in [-0.15, -0.1) is 0 Å². The topological polar surface area (TPSA) is 43.6 Å². The summed E-state index contributed by atoms with van der Waals surface area (Å²) < 4.78 is 11.0. The van der Waals surface area contributed by atoms with Gasteiger partial charge >= 0.3 is 0 Å². The first kappa shape index (κ1) is 11.0. The number of methoxy groups -OCH3 is 1. The number of hydrogen-bond acceptors (Lipinski definition) is 4. The maximum atomic E-state index is 5.30. The molecule has 1 heterocycles. The fourth-order valence-electron chi connectivity index (χ4n) is 0.766. The molecule has 4 nitrogen and oxygen atoms in total. The summed E-state index contributed by atoms with van der Waals surface area (Å²) in [7, 11) is 1.64. The number of hydrogen-bond donors (Lipinski definition) is 1. The van der Waals surface area contributed by atoms with E-state index >= 15 is 0 Å². The molecule has 0 fully saturated rings. The van der Waals surface area contributed by atoms with Crippen LogP contribution in [0.4, 0.5) is 0 Å². The van der Waals surface area contributed by atoms with Gasteiger partial charge in [-0.25, -0.2) is 0 Å². The lowest BCUT2D eigenvalue weighted by molar-refractivity contribution is 0.000931. The van der Waals surface area contributed by atoms with Crippen molar-refractivity contribution < 1.29 is 14.0 Å². The molecule has 0 aromatic carbocycles. The van der Waals surface area contributed by atoms with Crippen LogP contribution in [-0.4, -0.2) is 20.3 Å². The van der Waals surface area contributed by atoms with E-state index in [1.165, 1.54) is 0 Å². The van der Waals surface area contributed by atoms with Crippen LogP contribution in [0, 0.1) is 3.77 Å². The molecule has 0 atom stereocenters. The average Bonchev–Trinajstić information content (AvgIpc) is 2.51. The molecular weight excluding hydrogens is 285 g/mol. The van der Waals surface area contributed by atoms with Crippen molar-refractivity contribution in [2.45, 2.75) is 6.54 Å². The van der Waals surface area contributed by atoms with Crippen molar-refractivity contribution in [1.29, 1.82) is 0 Å². The van der Waals surface area contributed by atoms with Crippen molar-refractivity contribution in [1.82, 2.24) is 5.48 Å². The van der Waals surface area contributed by atoms with Crippen LogP contribution in [0.1, 0.15) is 5.76 Å². The lowest BCUT2D eigenvalue weighted by atomic mass is 10.5. The second-order valence-corrected chi connectivity index (χ2v) is 3.43. The SMILES string of the molecule is COCCONCc1ccc(I)o1. The molecule has 0 aliphatic heterocycles. The summed E-state index contributed by atoms with van der Waals surface area (Å²) in [5.74, 6) is 0.863. The first-order chi connectivity index (χ1) is 6.33. The van der Waals surface area contributed by atoms with E-state index in [9.17, 15) is 0 Å². The molecule has 74 valence electrons. The largest absolute Gasteiger partial charge is 0.454 e. The van der Waals surface area contributed by atoms with Gasteiger partial charge in [0.15, 0.2) is 3.77 Å². The molecule has 0 spiro atoms. The normalized spacial score (nSPS) is 10.6. The van der Waals surface area contributed by atoms with Crippen LogP contribution < -0.4 is 5.48 Å². The standard InChI is InChI=1S/C8H12INO3/c1-11-4-5-12-10-6-7-2-3-8(9)13-7/h2-3,10H,4-6H2,1H3. The summed E-state index contributed by atoms with van der Waals surface area (Å²) in [6.07, 6.45) is 0. The van der Waals surface area contributed by atoms with Gasteiger partial charge in [-0.05, 0) is 34.7 Å². The Morgan fingerprint density at radius 2 is 2.31 bits per heavy atom. The van der Waals surface area contributed by atoms with Crippen LogP contribution >= 0.6 is 22.6 Å². The summed E-state index contributed by atoms with van der Waals surface area (Å²) in [4.78, 5) is 5.05. The Kier molecular flexibility index (Phi) is 5.37. The zero-order chi connectivity index (χ0) is 9.52. The van der Waals surface area contributed by atoms with Crippen LogP contribution in [0.2, 0.25) is 0 Å². The smallest absolute Gasteiger partial charge is 0.164 e. The summed E-state index contributed by atoms with van der Waals surface area (Å²) in [6.45, 7) is 1.70. The van der Waals surface area contributed by atoms with E-state index in [1.807, 2.05) is 12.1 Å². The third kappa shape index (κ3) is 4.61. The quantitative estimate of drug-likeness (QED) is 0.491. The number of halogens is 1. The van der Waals surface area contributed by atoms with E-state index in [0.717, 1.165) is 9.53 Å². The van der Waals surface area contributed by atoms with E-state index in [4.69, 9.17) is 14.0 Å². The Bertz CT molecular complexity index is 239. The van der Waals surface area contributed by atoms with Crippen molar-refractivity contribution in [3.8, 4) is 0 Å². The Hall–Kier alpha value is -0.110. The molecule has 5 heteroatoms. The summed E-state index contributed by atoms with van der Waals surface area (Å²) in [5, 5.41) is 0. The van der Waals surface area contributed by atoms with Gasteiger partial charge in [-0.1, -0.05) is 0 Å². The van der Waals surface area contributed by atoms with E-state index in [1.54, 1.807) is 7.11 Å². The van der Waals surface area contributed by atoms with Crippen LogP contribution in [0.3, 0.4) is 0 Å². The predicted octanol–water partition coefficient (Wildman–Crippen LogP) is 1.55. The minimum atomic E-state index is 0.536. The first-order valence-electron chi connectivity index (χ1n) is 3.90. The van der Waals surface area contributed by atoms with Gasteiger partial charge in [0.2, 0.25) is 0 Å². The van der Waals surface area contributed by atoms with Crippen molar-refractivity contribution in [3.05, 3.63) is 21.7 Å². The van der Waals surface area contributed by atoms with E-state index in [2.05, 4.69) is 28.1 Å². The summed E-state index contributed by atoms with van der Waals surface area (Å²) >= 11 is 2.12. The van der Waals surface area contributed by atoms with Crippen molar-refractivity contribution in [3.63, 3.8) is 0 Å². The Balaban J connectivity index is 2.06. The Labute approximate surface area is 90.7 Å². The molecule has 0 radical (unpaired) electrons. The maximum Gasteiger partial charge on any atom is 0.164 e. The second kappa shape index (κ2) is 6.36. The number of ether oxygens (including phenoxy) is 1. The molecule has 1 aromatic rings. The number of hydroxylamine groups is 1. The minimum Gasteiger partial charge on any atom is -0.454 e. The molecule has 0 amide bonds. The van der Waals surface area contributed by atoms with Gasteiger partial charge in [0.25, 0.3) is 0 Å². The van der Waals surface area contributed by atoms with Gasteiger partial charge in [0.05, 0.1) is 19.8 Å². The van der Waals surface area contributed by atoms with Gasteiger partial charge < -0.3 is 9.15 Å². The zero-order valence-corrected chi connectivity index (χ0v) is 9.54. The number of rotatable bonds is 6. The predicted molar refractivity (Wildman–Crippen MR) is 56.1 cm³/mol. The molecule has 1 rings (SSSR count). The molecule has 0 unspecified atom stereocenters. The molecule has 0 saturated heterocycles. The van der Waals surface area contributed by atoms with E-state index in [-0.39, 0.29) is 0 Å². The zero-order valence-electron chi connectivity index (χ0n) is 7.38. The van der Waals surface area contributed by atoms with Crippen LogP contribution in [0.5, 0.6) is 0 Å². The molecule has 0 saturated carbocycles. The van der Waals surface area contributed by atoms with Crippen molar-refractivity contribution in [2.75, 3.05) is 20.3 Å². The summed E-state index contributed by atoms with van der Waals surface area (Å²) in [6, 6.07) is 3.82. The highest BCUT2D eigenvalue weighted by molar-refractivity contribution is 14.1. The highest BCUT2D eigenvalue weighted by atomic mass is 127. The minimum absolute atomic E-state index is 0.536. The van der Waals surface area contributed by atoms with Gasteiger partial charge in [-0.2, -0.15) is 5.48 Å². The summed E-state index contributed by atoms with van der Waals surface area (Å²) in [5.41, 5.74) is 2.77. The maximum absolute atomic E-state index is 5.30. The van der Waals surface area contributed by atoms with Gasteiger partial charge in [0, 0.05) is 7.11 Å². The van der Waals surface area contributed by atoms with E-state index in [0.29, 0.717) is 19.8 Å². The highest BCUT2D eigenvalue weighted by Crippen LogP contribution is 2.09. The van der Waals surface area contributed by atoms with Gasteiger partial charge in [-0.3, -0.25) is 4.84 Å². The first-order valence-corrected chi connectivity index (χ1v) is 4.98. The molecule has 0 aliphatic rings. The molecule has 13 heavy (non-hydrogen) atoms. The monoisotopic (exact) mass is 297 g/mol. The molecule has 0 aliphatic carbocycles. The second-order valence-electron chi connectivity index (χ2n) is 2.37. The number of furan rings is 1. The average molecular weight is 297 g/mol. The van der Waals surface area contributed by atoms with Crippen LogP contribution in [0.25, 0.3) is 0 Å². The lowest BCUT2D eigenvalue weighted by Crippen LogP contribution is -2.16. The third-order valence-corrected chi connectivity index (χ3v) is 1.95. The fraction of sp³-hybridized carbons (Fsp3) is 0.500. The van der Waals surface area contributed by atoms with E-state index < -0.39 is 0 Å². The molecule has 0 bridgehead atoms. The lowest BCUT2D eigenvalue weighted by Gasteiger charge is -2.02. The molecule has 1 aromatic heterocycles. The van der Waals surface area contributed by atoms with Crippen LogP contribution in [0.15, 0.2) is 16.5 Å². The Morgan fingerprint density at radius 3 is 2.92 bits per heavy atom. The number of nitrogens with one attached hydrogen (secondary N) is 1. The van der Waals surface area contributed by atoms with Gasteiger partial charge in [0.1, 0.15) is 5.76 Å². The fourth-order valence-corrected chi connectivity index (χ4v) is 1.23.